The number of nitrogens with one attached hydrogen (secondary N) is 1. The van der Waals surface area contributed by atoms with E-state index in [1.165, 1.54) is 4.90 Å². The van der Waals surface area contributed by atoms with Gasteiger partial charge in [-0.15, -0.1) is 0 Å². The summed E-state index contributed by atoms with van der Waals surface area (Å²) < 4.78 is 0. The van der Waals surface area contributed by atoms with E-state index in [0.29, 0.717) is 18.5 Å². The molecule has 1 unspecified atom stereocenters. The molecule has 3 N–H and O–H groups in total. The Balaban J connectivity index is 2.01. The second kappa shape index (κ2) is 6.39. The maximum atomic E-state index is 12.3. The van der Waals surface area contributed by atoms with Gasteiger partial charge in [-0.1, -0.05) is 19.1 Å². The summed E-state index contributed by atoms with van der Waals surface area (Å²) in [6.07, 6.45) is 1.27. The molecule has 0 aliphatic carbocycles. The molecule has 1 aromatic rings. The van der Waals surface area contributed by atoms with Crippen molar-refractivity contribution in [1.82, 2.24) is 10.2 Å². The molecular weight excluding hydrogens is 270 g/mol. The highest BCUT2D eigenvalue weighted by molar-refractivity contribution is 6.04. The van der Waals surface area contributed by atoms with Crippen LogP contribution in [0, 0.1) is 0 Å². The molecule has 6 heteroatoms. The summed E-state index contributed by atoms with van der Waals surface area (Å²) in [5.41, 5.74) is 7.31. The topological polar surface area (TPSA) is 92.5 Å². The van der Waals surface area contributed by atoms with Gasteiger partial charge in [0, 0.05) is 12.1 Å². The Morgan fingerprint density at radius 2 is 2.19 bits per heavy atom. The Morgan fingerprint density at radius 3 is 2.86 bits per heavy atom. The van der Waals surface area contributed by atoms with Crippen molar-refractivity contribution in [1.29, 1.82) is 0 Å². The lowest BCUT2D eigenvalue weighted by Crippen LogP contribution is -2.59. The van der Waals surface area contributed by atoms with E-state index in [4.69, 9.17) is 5.73 Å². The first kappa shape index (κ1) is 15.0. The number of imide groups is 1. The second-order valence-corrected chi connectivity index (χ2v) is 5.10. The fourth-order valence-electron chi connectivity index (χ4n) is 2.48. The van der Waals surface area contributed by atoms with E-state index in [0.717, 1.165) is 5.56 Å². The summed E-state index contributed by atoms with van der Waals surface area (Å²) in [5.74, 6) is -1.01. The minimum atomic E-state index is -0.559. The van der Waals surface area contributed by atoms with Crippen LogP contribution in [-0.2, 0) is 20.8 Å². The average Bonchev–Trinajstić information content (AvgIpc) is 2.44. The Hall–Kier alpha value is -2.37. The minimum Gasteiger partial charge on any atom is -0.399 e. The number of piperazine rings is 1. The van der Waals surface area contributed by atoms with Crippen LogP contribution in [-0.4, -0.2) is 35.2 Å². The predicted octanol–water partition coefficient (Wildman–Crippen LogP) is 0.465. The van der Waals surface area contributed by atoms with Gasteiger partial charge in [0.25, 0.3) is 0 Å². The van der Waals surface area contributed by atoms with Gasteiger partial charge in [0.2, 0.25) is 17.7 Å². The van der Waals surface area contributed by atoms with Crippen LogP contribution in [0.3, 0.4) is 0 Å². The van der Waals surface area contributed by atoms with Crippen LogP contribution in [0.15, 0.2) is 24.3 Å². The third-order valence-electron chi connectivity index (χ3n) is 3.54. The zero-order valence-corrected chi connectivity index (χ0v) is 12.0. The van der Waals surface area contributed by atoms with Gasteiger partial charge in [-0.2, -0.15) is 0 Å². The van der Waals surface area contributed by atoms with Gasteiger partial charge < -0.3 is 10.6 Å². The number of rotatable bonds is 4. The molecule has 2 rings (SSSR count). The summed E-state index contributed by atoms with van der Waals surface area (Å²) in [6.45, 7) is 1.76. The van der Waals surface area contributed by atoms with E-state index in [-0.39, 0.29) is 18.9 Å². The number of anilines is 1. The van der Waals surface area contributed by atoms with Crippen molar-refractivity contribution in [2.75, 3.05) is 12.3 Å². The lowest BCUT2D eigenvalue weighted by atomic mass is 10.1. The molecule has 1 atom stereocenters. The average molecular weight is 289 g/mol. The van der Waals surface area contributed by atoms with E-state index in [2.05, 4.69) is 5.32 Å². The standard InChI is InChI=1S/C15H19N3O3/c1-2-12-15(21)17-13(19)9-18(12)14(20)7-6-10-4-3-5-11(16)8-10/h3-5,8,12H,2,6-7,9,16H2,1H3,(H,17,19,21). The molecule has 1 fully saturated rings. The predicted molar refractivity (Wildman–Crippen MR) is 78.1 cm³/mol. The number of nitrogens with zero attached hydrogens (tertiary/aromatic N) is 1. The van der Waals surface area contributed by atoms with Crippen molar-refractivity contribution >= 4 is 23.4 Å². The normalized spacial score (nSPS) is 18.5. The highest BCUT2D eigenvalue weighted by Gasteiger charge is 2.34. The lowest BCUT2D eigenvalue weighted by molar-refractivity contribution is -0.150. The first-order valence-electron chi connectivity index (χ1n) is 6.99. The SMILES string of the molecule is CCC1C(=O)NC(=O)CN1C(=O)CCc1cccc(N)c1. The molecule has 0 radical (unpaired) electrons. The number of hydrogen-bond donors (Lipinski definition) is 2. The summed E-state index contributed by atoms with van der Waals surface area (Å²) in [5, 5.41) is 2.26. The van der Waals surface area contributed by atoms with Gasteiger partial charge in [0.1, 0.15) is 12.6 Å². The van der Waals surface area contributed by atoms with Gasteiger partial charge in [0.15, 0.2) is 0 Å². The van der Waals surface area contributed by atoms with Crippen molar-refractivity contribution in [3.8, 4) is 0 Å². The molecule has 6 nitrogen and oxygen atoms in total. The smallest absolute Gasteiger partial charge is 0.249 e. The molecular formula is C15H19N3O3. The monoisotopic (exact) mass is 289 g/mol. The summed E-state index contributed by atoms with van der Waals surface area (Å²) in [6, 6.07) is 6.78. The van der Waals surface area contributed by atoms with Crippen molar-refractivity contribution in [3.63, 3.8) is 0 Å². The minimum absolute atomic E-state index is 0.0555. The summed E-state index contributed by atoms with van der Waals surface area (Å²) in [4.78, 5) is 36.8. The Kier molecular flexibility index (Phi) is 4.57. The maximum absolute atomic E-state index is 12.3. The molecule has 21 heavy (non-hydrogen) atoms. The number of nitrogens with two attached hydrogens (primary N) is 1. The zero-order valence-electron chi connectivity index (χ0n) is 12.0. The number of amides is 3. The van der Waals surface area contributed by atoms with Crippen LogP contribution in [0.2, 0.25) is 0 Å². The van der Waals surface area contributed by atoms with Crippen LogP contribution < -0.4 is 11.1 Å². The molecule has 0 spiro atoms. The van der Waals surface area contributed by atoms with Crippen LogP contribution in [0.5, 0.6) is 0 Å². The van der Waals surface area contributed by atoms with Gasteiger partial charge >= 0.3 is 0 Å². The third kappa shape index (κ3) is 3.59. The van der Waals surface area contributed by atoms with E-state index < -0.39 is 17.9 Å². The Morgan fingerprint density at radius 1 is 1.43 bits per heavy atom. The highest BCUT2D eigenvalue weighted by Crippen LogP contribution is 2.14. The van der Waals surface area contributed by atoms with E-state index in [1.807, 2.05) is 25.1 Å². The molecule has 0 aromatic heterocycles. The molecule has 0 saturated carbocycles. The maximum Gasteiger partial charge on any atom is 0.249 e. The number of aryl methyl sites for hydroxylation is 1. The number of nitrogen functional groups attached to an aromatic ring is 1. The first-order chi connectivity index (χ1) is 10.0. The van der Waals surface area contributed by atoms with Crippen molar-refractivity contribution < 1.29 is 14.4 Å². The largest absolute Gasteiger partial charge is 0.399 e. The second-order valence-electron chi connectivity index (χ2n) is 5.10. The van der Waals surface area contributed by atoms with Crippen molar-refractivity contribution in [3.05, 3.63) is 29.8 Å². The molecule has 1 aromatic carbocycles. The number of hydrogen-bond acceptors (Lipinski definition) is 4. The van der Waals surface area contributed by atoms with Crippen molar-refractivity contribution in [2.24, 2.45) is 0 Å². The number of carbonyl (C=O) groups excluding carboxylic acids is 3. The quantitative estimate of drug-likeness (QED) is 0.622. The zero-order chi connectivity index (χ0) is 15.4. The van der Waals surface area contributed by atoms with Crippen LogP contribution >= 0.6 is 0 Å². The van der Waals surface area contributed by atoms with Gasteiger partial charge in [-0.3, -0.25) is 19.7 Å². The summed E-state index contributed by atoms with van der Waals surface area (Å²) >= 11 is 0. The van der Waals surface area contributed by atoms with E-state index in [9.17, 15) is 14.4 Å². The lowest BCUT2D eigenvalue weighted by Gasteiger charge is -2.33. The summed E-state index contributed by atoms with van der Waals surface area (Å²) in [7, 11) is 0. The number of carbonyl (C=O) groups is 3. The van der Waals surface area contributed by atoms with Gasteiger partial charge in [-0.05, 0) is 30.5 Å². The molecule has 3 amide bonds. The fraction of sp³-hybridized carbons (Fsp3) is 0.400. The fourth-order valence-corrected chi connectivity index (χ4v) is 2.48. The molecule has 0 bridgehead atoms. The van der Waals surface area contributed by atoms with Crippen LogP contribution in [0.25, 0.3) is 0 Å². The molecule has 1 saturated heterocycles. The van der Waals surface area contributed by atoms with Crippen LogP contribution in [0.4, 0.5) is 5.69 Å². The molecule has 112 valence electrons. The van der Waals surface area contributed by atoms with Crippen molar-refractivity contribution in [2.45, 2.75) is 32.2 Å². The number of benzene rings is 1. The van der Waals surface area contributed by atoms with E-state index in [1.54, 1.807) is 6.07 Å². The highest BCUT2D eigenvalue weighted by atomic mass is 16.2. The molecule has 1 aliphatic rings. The van der Waals surface area contributed by atoms with E-state index >= 15 is 0 Å². The van der Waals surface area contributed by atoms with Gasteiger partial charge in [0.05, 0.1) is 0 Å². The molecule has 1 heterocycles. The first-order valence-corrected chi connectivity index (χ1v) is 6.99. The van der Waals surface area contributed by atoms with Gasteiger partial charge in [-0.25, -0.2) is 0 Å². The Bertz CT molecular complexity index is 571. The molecule has 1 aliphatic heterocycles. The third-order valence-corrected chi connectivity index (χ3v) is 3.54. The Labute approximate surface area is 123 Å². The van der Waals surface area contributed by atoms with Crippen LogP contribution in [0.1, 0.15) is 25.3 Å².